The van der Waals surface area contributed by atoms with E-state index in [9.17, 15) is 13.6 Å². The Morgan fingerprint density at radius 2 is 2.03 bits per heavy atom. The molecule has 10 heteroatoms. The Hall–Kier alpha value is -3.24. The van der Waals surface area contributed by atoms with Crippen molar-refractivity contribution < 1.29 is 23.4 Å². The summed E-state index contributed by atoms with van der Waals surface area (Å²) in [5.41, 5.74) is 1.96. The number of methoxy groups -OCH3 is 1. The number of likely N-dealkylation sites (N-methyl/N-ethyl adjacent to an activating group) is 1. The maximum absolute atomic E-state index is 13.9. The minimum atomic E-state index is -3.35. The first-order chi connectivity index (χ1) is 16.2. The van der Waals surface area contributed by atoms with Crippen LogP contribution in [0.1, 0.15) is 34.5 Å². The van der Waals surface area contributed by atoms with Crippen LogP contribution in [0.3, 0.4) is 0 Å². The first-order valence-electron chi connectivity index (χ1n) is 11.1. The summed E-state index contributed by atoms with van der Waals surface area (Å²) in [6.45, 7) is 3.80. The number of halogens is 2. The number of fused-ring (bicyclic) bond motifs is 1. The highest BCUT2D eigenvalue weighted by atomic mass is 19.3. The minimum Gasteiger partial charge on any atom is -0.494 e. The average molecular weight is 474 g/mol. The normalized spacial score (nSPS) is 16.0. The molecule has 8 nitrogen and oxygen atoms in total. The number of aliphatic hydroxyl groups is 1. The molecule has 182 valence electrons. The second kappa shape index (κ2) is 9.55. The number of hydrogen-bond donors (Lipinski definition) is 3. The van der Waals surface area contributed by atoms with E-state index in [-0.39, 0.29) is 11.5 Å². The van der Waals surface area contributed by atoms with Gasteiger partial charge in [-0.05, 0) is 31.7 Å². The number of carbonyl (C=O) groups excluding carboxylic acids is 1. The number of H-pyrrole nitrogens is 1. The number of alkyl halides is 2. The Morgan fingerprint density at radius 3 is 2.71 bits per heavy atom. The van der Waals surface area contributed by atoms with Crippen LogP contribution in [-0.4, -0.2) is 73.1 Å². The van der Waals surface area contributed by atoms with Gasteiger partial charge in [0, 0.05) is 31.7 Å². The van der Waals surface area contributed by atoms with Crippen molar-refractivity contribution >= 4 is 22.5 Å². The molecule has 1 atom stereocenters. The van der Waals surface area contributed by atoms with E-state index in [1.807, 2.05) is 0 Å². The number of amides is 1. The lowest BCUT2D eigenvalue weighted by Gasteiger charge is -2.35. The number of nitrogens with one attached hydrogen (secondary N) is 2. The van der Waals surface area contributed by atoms with E-state index < -0.39 is 18.6 Å². The molecule has 0 saturated carbocycles. The van der Waals surface area contributed by atoms with Gasteiger partial charge in [-0.2, -0.15) is 13.9 Å². The number of rotatable bonds is 7. The first-order valence-corrected chi connectivity index (χ1v) is 11.1. The zero-order valence-electron chi connectivity index (χ0n) is 19.4. The predicted molar refractivity (Wildman–Crippen MR) is 126 cm³/mol. The van der Waals surface area contributed by atoms with Gasteiger partial charge in [0.2, 0.25) is 0 Å². The zero-order chi connectivity index (χ0) is 24.5. The number of piperazine rings is 1. The molecule has 1 saturated heterocycles. The molecule has 0 aliphatic carbocycles. The highest BCUT2D eigenvalue weighted by Gasteiger charge is 2.31. The fraction of sp³-hybridized carbons (Fsp3) is 0.417. The second-order valence-corrected chi connectivity index (χ2v) is 8.61. The molecule has 0 radical (unpaired) electrons. The maximum Gasteiger partial charge on any atom is 0.295 e. The number of benzene rings is 2. The molecule has 1 aromatic heterocycles. The minimum absolute atomic E-state index is 0.300. The molecule has 34 heavy (non-hydrogen) atoms. The van der Waals surface area contributed by atoms with E-state index in [2.05, 4.69) is 32.4 Å². The van der Waals surface area contributed by atoms with Crippen LogP contribution >= 0.6 is 0 Å². The fourth-order valence-corrected chi connectivity index (χ4v) is 4.24. The third kappa shape index (κ3) is 4.55. The lowest BCUT2D eigenvalue weighted by Crippen LogP contribution is -2.44. The molecule has 1 aliphatic heterocycles. The average Bonchev–Trinajstić information content (AvgIpc) is 3.33. The Bertz CT molecular complexity index is 1170. The van der Waals surface area contributed by atoms with Gasteiger partial charge < -0.3 is 25.0 Å². The molecule has 3 N–H and O–H groups in total. The van der Waals surface area contributed by atoms with Crippen LogP contribution in [0.4, 0.5) is 14.5 Å². The van der Waals surface area contributed by atoms with Crippen molar-refractivity contribution in [2.45, 2.75) is 18.9 Å². The zero-order valence-corrected chi connectivity index (χ0v) is 19.4. The highest BCUT2D eigenvalue weighted by Crippen LogP contribution is 2.38. The van der Waals surface area contributed by atoms with Crippen LogP contribution < -0.4 is 15.0 Å². The molecule has 3 aromatic rings. The summed E-state index contributed by atoms with van der Waals surface area (Å²) in [4.78, 5) is 17.8. The summed E-state index contributed by atoms with van der Waals surface area (Å²) in [6, 6.07) is 6.96. The topological polar surface area (TPSA) is 93.7 Å². The molecule has 0 bridgehead atoms. The predicted octanol–water partition coefficient (Wildman–Crippen LogP) is 2.90. The summed E-state index contributed by atoms with van der Waals surface area (Å²) in [5.74, 6) is -3.06. The van der Waals surface area contributed by atoms with E-state index >= 15 is 0 Å². The van der Waals surface area contributed by atoms with Crippen LogP contribution in [0.2, 0.25) is 0 Å². The van der Waals surface area contributed by atoms with Crippen molar-refractivity contribution in [3.63, 3.8) is 0 Å². The second-order valence-electron chi connectivity index (χ2n) is 8.61. The van der Waals surface area contributed by atoms with Gasteiger partial charge in [0.05, 0.1) is 41.5 Å². The van der Waals surface area contributed by atoms with Gasteiger partial charge in [-0.15, -0.1) is 0 Å². The summed E-state index contributed by atoms with van der Waals surface area (Å²) >= 11 is 0. The van der Waals surface area contributed by atoms with E-state index in [4.69, 9.17) is 9.84 Å². The fourth-order valence-electron chi connectivity index (χ4n) is 4.24. The monoisotopic (exact) mass is 473 g/mol. The number of aromatic nitrogens is 2. The van der Waals surface area contributed by atoms with Crippen molar-refractivity contribution in [1.29, 1.82) is 0 Å². The quantitative estimate of drug-likeness (QED) is 0.489. The molecule has 1 unspecified atom stereocenters. The van der Waals surface area contributed by atoms with Crippen molar-refractivity contribution in [2.24, 2.45) is 0 Å². The van der Waals surface area contributed by atoms with Gasteiger partial charge >= 0.3 is 0 Å². The van der Waals surface area contributed by atoms with Crippen molar-refractivity contribution in [2.75, 3.05) is 51.8 Å². The van der Waals surface area contributed by atoms with Crippen molar-refractivity contribution in [3.8, 4) is 5.75 Å². The molecule has 4 rings (SSSR count). The number of aliphatic hydroxyl groups excluding tert-OH is 1. The summed E-state index contributed by atoms with van der Waals surface area (Å²) in [7, 11) is 3.66. The molecule has 2 heterocycles. The molecular formula is C24H29F2N5O3. The van der Waals surface area contributed by atoms with Crippen LogP contribution in [0.5, 0.6) is 5.75 Å². The Labute approximate surface area is 196 Å². The molecule has 1 amide bonds. The van der Waals surface area contributed by atoms with E-state index in [0.717, 1.165) is 31.9 Å². The largest absolute Gasteiger partial charge is 0.494 e. The number of hydrogen-bond acceptors (Lipinski definition) is 6. The SMILES string of the molecule is COc1c(N2CCN(C)CC2)cc(C(=O)NC(C)c2cccc(C(F)(F)CO)c2)c2[nH]ncc12. The summed E-state index contributed by atoms with van der Waals surface area (Å²) in [5, 5.41) is 19.6. The third-order valence-electron chi connectivity index (χ3n) is 6.31. The van der Waals surface area contributed by atoms with Crippen LogP contribution in [0.15, 0.2) is 36.5 Å². The van der Waals surface area contributed by atoms with Gasteiger partial charge in [-0.3, -0.25) is 9.89 Å². The smallest absolute Gasteiger partial charge is 0.295 e. The van der Waals surface area contributed by atoms with Gasteiger partial charge in [0.1, 0.15) is 6.61 Å². The molecule has 0 spiro atoms. The van der Waals surface area contributed by atoms with E-state index in [1.165, 1.54) is 18.2 Å². The number of anilines is 1. The molecule has 1 aliphatic rings. The standard InChI is InChI=1S/C24H29F2N5O3/c1-15(16-5-4-6-17(11-16)24(25,26)14-32)28-23(33)18-12-20(31-9-7-30(2)8-10-31)22(34-3)19-13-27-29-21(18)19/h4-6,11-13,15,32H,7-10,14H2,1-3H3,(H,27,29)(H,28,33). The van der Waals surface area contributed by atoms with E-state index in [1.54, 1.807) is 32.4 Å². The Morgan fingerprint density at radius 1 is 1.29 bits per heavy atom. The molecule has 1 fully saturated rings. The lowest BCUT2D eigenvalue weighted by atomic mass is 10.0. The Kier molecular flexibility index (Phi) is 6.72. The lowest BCUT2D eigenvalue weighted by molar-refractivity contribution is -0.0556. The number of carbonyl (C=O) groups is 1. The number of aromatic amines is 1. The van der Waals surface area contributed by atoms with Crippen LogP contribution in [0, 0.1) is 0 Å². The summed E-state index contributed by atoms with van der Waals surface area (Å²) in [6.07, 6.45) is 1.63. The highest BCUT2D eigenvalue weighted by molar-refractivity contribution is 6.09. The summed E-state index contributed by atoms with van der Waals surface area (Å²) < 4.78 is 33.6. The van der Waals surface area contributed by atoms with Crippen molar-refractivity contribution in [1.82, 2.24) is 20.4 Å². The number of ether oxygens (including phenoxy) is 1. The first kappa shape index (κ1) is 23.9. The molecular weight excluding hydrogens is 444 g/mol. The van der Waals surface area contributed by atoms with Crippen LogP contribution in [-0.2, 0) is 5.92 Å². The van der Waals surface area contributed by atoms with E-state index in [0.29, 0.717) is 27.8 Å². The van der Waals surface area contributed by atoms with Crippen molar-refractivity contribution in [3.05, 3.63) is 53.2 Å². The van der Waals surface area contributed by atoms with Crippen LogP contribution in [0.25, 0.3) is 10.9 Å². The van der Waals surface area contributed by atoms with Gasteiger partial charge in [0.25, 0.3) is 11.8 Å². The van der Waals surface area contributed by atoms with Gasteiger partial charge in [-0.1, -0.05) is 18.2 Å². The molecule has 2 aromatic carbocycles. The van der Waals surface area contributed by atoms with Gasteiger partial charge in [-0.25, -0.2) is 0 Å². The van der Waals surface area contributed by atoms with Gasteiger partial charge in [0.15, 0.2) is 5.75 Å². The number of nitrogens with zero attached hydrogens (tertiary/aromatic N) is 3. The third-order valence-corrected chi connectivity index (χ3v) is 6.31. The maximum atomic E-state index is 13.9. The Balaban J connectivity index is 1.65.